The third kappa shape index (κ3) is 3.84. The van der Waals surface area contributed by atoms with Crippen LogP contribution in [0.25, 0.3) is 0 Å². The van der Waals surface area contributed by atoms with E-state index in [4.69, 9.17) is 18.9 Å². The van der Waals surface area contributed by atoms with Crippen LogP contribution >= 0.6 is 0 Å². The summed E-state index contributed by atoms with van der Waals surface area (Å²) in [5, 5.41) is 11.2. The molecule has 0 radical (unpaired) electrons. The van der Waals surface area contributed by atoms with Crippen molar-refractivity contribution < 1.29 is 33.6 Å². The number of carbonyl (C=O) groups is 2. The van der Waals surface area contributed by atoms with Crippen LogP contribution in [0.2, 0.25) is 0 Å². The number of esters is 2. The van der Waals surface area contributed by atoms with E-state index in [1.807, 2.05) is 0 Å². The molecule has 0 unspecified atom stereocenters. The van der Waals surface area contributed by atoms with Gasteiger partial charge in [0.1, 0.15) is 18.3 Å². The topological polar surface area (TPSA) is 91.3 Å². The molecule has 38 heavy (non-hydrogen) atoms. The van der Waals surface area contributed by atoms with Gasteiger partial charge in [0.05, 0.1) is 12.7 Å². The van der Waals surface area contributed by atoms with Crippen LogP contribution in [0.1, 0.15) is 92.9 Å². The van der Waals surface area contributed by atoms with E-state index in [2.05, 4.69) is 27.7 Å². The molecule has 6 aliphatic rings. The van der Waals surface area contributed by atoms with Crippen molar-refractivity contribution in [3.8, 4) is 0 Å². The second-order valence-electron chi connectivity index (χ2n) is 14.5. The fourth-order valence-corrected chi connectivity index (χ4v) is 11.1. The summed E-state index contributed by atoms with van der Waals surface area (Å²) in [7, 11) is 0. The van der Waals surface area contributed by atoms with Gasteiger partial charge in [0.15, 0.2) is 5.79 Å². The molecule has 1 spiro atoms. The van der Waals surface area contributed by atoms with Crippen LogP contribution in [0.3, 0.4) is 0 Å². The standard InChI is InChI=1S/C31H48O7/c1-16-11-27(34)31(35-15-16)17(2)28-26(38-31)14-23-21-13-25(37-19(4)33)24-12-20(36-18(3)32)7-9-29(24,5)22(21)8-10-30(23,28)6/h16-17,20-28,34H,7-15H2,1-6H3/t16-,17+,20+,21-,22+,23+,24-,25-,26+,27+,28+,29-,30+,31+/m1/s1. The van der Waals surface area contributed by atoms with Crippen molar-refractivity contribution in [2.75, 3.05) is 6.61 Å². The second-order valence-corrected chi connectivity index (χ2v) is 14.5. The number of rotatable bonds is 2. The molecule has 2 aliphatic heterocycles. The number of aliphatic hydroxyl groups is 1. The van der Waals surface area contributed by atoms with Gasteiger partial charge in [-0.3, -0.25) is 9.59 Å². The lowest BCUT2D eigenvalue weighted by Crippen LogP contribution is -2.60. The maximum absolute atomic E-state index is 12.3. The van der Waals surface area contributed by atoms with Crippen LogP contribution in [-0.2, 0) is 28.5 Å². The molecule has 7 heteroatoms. The Morgan fingerprint density at radius 3 is 2.26 bits per heavy atom. The Hall–Kier alpha value is -1.18. The summed E-state index contributed by atoms with van der Waals surface area (Å²) in [4.78, 5) is 24.0. The molecule has 6 rings (SSSR count). The van der Waals surface area contributed by atoms with E-state index in [1.165, 1.54) is 20.3 Å². The van der Waals surface area contributed by atoms with Gasteiger partial charge in [-0.1, -0.05) is 27.7 Å². The van der Waals surface area contributed by atoms with E-state index in [-0.39, 0.29) is 52.9 Å². The smallest absolute Gasteiger partial charge is 0.302 e. The van der Waals surface area contributed by atoms with Gasteiger partial charge in [0, 0.05) is 25.7 Å². The molecule has 0 aromatic carbocycles. The Morgan fingerprint density at radius 2 is 1.58 bits per heavy atom. The van der Waals surface area contributed by atoms with Crippen molar-refractivity contribution in [1.82, 2.24) is 0 Å². The van der Waals surface area contributed by atoms with E-state index < -0.39 is 11.9 Å². The largest absolute Gasteiger partial charge is 0.463 e. The zero-order valence-corrected chi connectivity index (χ0v) is 24.1. The summed E-state index contributed by atoms with van der Waals surface area (Å²) in [5.41, 5.74) is 0.172. The number of fused-ring (bicyclic) bond motifs is 7. The van der Waals surface area contributed by atoms with E-state index in [0.29, 0.717) is 36.2 Å². The van der Waals surface area contributed by atoms with Crippen LogP contribution in [0.5, 0.6) is 0 Å². The van der Waals surface area contributed by atoms with Crippen LogP contribution in [-0.4, -0.2) is 53.9 Å². The second kappa shape index (κ2) is 9.17. The predicted molar refractivity (Wildman–Crippen MR) is 140 cm³/mol. The van der Waals surface area contributed by atoms with E-state index in [9.17, 15) is 14.7 Å². The minimum Gasteiger partial charge on any atom is -0.463 e. The summed E-state index contributed by atoms with van der Waals surface area (Å²) in [6.45, 7) is 12.9. The molecule has 2 saturated heterocycles. The molecule has 4 aliphatic carbocycles. The van der Waals surface area contributed by atoms with E-state index >= 15 is 0 Å². The molecule has 1 N–H and O–H groups in total. The van der Waals surface area contributed by atoms with E-state index in [0.717, 1.165) is 44.9 Å². The summed E-state index contributed by atoms with van der Waals surface area (Å²) in [6.07, 6.45) is 6.86. The van der Waals surface area contributed by atoms with Crippen LogP contribution in [0.15, 0.2) is 0 Å². The van der Waals surface area contributed by atoms with Crippen LogP contribution in [0.4, 0.5) is 0 Å². The molecule has 0 aromatic rings. The minimum absolute atomic E-state index is 0.0607. The normalized spacial score (nSPS) is 55.4. The van der Waals surface area contributed by atoms with Crippen molar-refractivity contribution in [2.45, 2.75) is 123 Å². The number of hydrogen-bond acceptors (Lipinski definition) is 7. The number of carbonyl (C=O) groups excluding carboxylic acids is 2. The Labute approximate surface area is 227 Å². The van der Waals surface area contributed by atoms with Gasteiger partial charge in [-0.25, -0.2) is 0 Å². The zero-order chi connectivity index (χ0) is 27.2. The molecule has 7 nitrogen and oxygen atoms in total. The van der Waals surface area contributed by atoms with Gasteiger partial charge in [-0.05, 0) is 91.8 Å². The van der Waals surface area contributed by atoms with Gasteiger partial charge in [-0.15, -0.1) is 0 Å². The molecule has 0 aromatic heterocycles. The summed E-state index contributed by atoms with van der Waals surface area (Å²) < 4.78 is 24.9. The average Bonchev–Trinajstić information content (AvgIpc) is 3.28. The lowest BCUT2D eigenvalue weighted by atomic mass is 9.43. The molecule has 6 fully saturated rings. The number of ether oxygens (including phenoxy) is 4. The Morgan fingerprint density at radius 1 is 0.868 bits per heavy atom. The van der Waals surface area contributed by atoms with Crippen molar-refractivity contribution in [3.05, 3.63) is 0 Å². The van der Waals surface area contributed by atoms with Crippen molar-refractivity contribution >= 4 is 11.9 Å². The van der Waals surface area contributed by atoms with E-state index in [1.54, 1.807) is 0 Å². The highest BCUT2D eigenvalue weighted by Gasteiger charge is 2.71. The molecule has 214 valence electrons. The SMILES string of the molecule is CC(=O)O[C@H]1CC[C@@]2(C)[C@H](C1)[C@H](OC(C)=O)C[C@@H]1[C@@H]2CC[C@]2(C)[C@@H]3[C@H](C[C@@H]12)O[C@@]1(OC[C@H](C)C[C@@H]1O)[C@H]3C. The first-order valence-electron chi connectivity index (χ1n) is 15.2. The van der Waals surface area contributed by atoms with Crippen LogP contribution < -0.4 is 0 Å². The Kier molecular flexibility index (Phi) is 6.52. The molecule has 0 amide bonds. The number of aliphatic hydroxyl groups excluding tert-OH is 1. The molecule has 4 saturated carbocycles. The van der Waals surface area contributed by atoms with Crippen molar-refractivity contribution in [3.63, 3.8) is 0 Å². The quantitative estimate of drug-likeness (QED) is 0.507. The van der Waals surface area contributed by atoms with Gasteiger partial charge in [0.2, 0.25) is 0 Å². The monoisotopic (exact) mass is 532 g/mol. The highest BCUT2D eigenvalue weighted by molar-refractivity contribution is 5.66. The van der Waals surface area contributed by atoms with Crippen LogP contribution in [0, 0.1) is 52.3 Å². The first kappa shape index (κ1) is 27.0. The maximum Gasteiger partial charge on any atom is 0.302 e. The number of hydrogen-bond donors (Lipinski definition) is 1. The fraction of sp³-hybridized carbons (Fsp3) is 0.935. The third-order valence-electron chi connectivity index (χ3n) is 12.5. The molecule has 0 bridgehead atoms. The third-order valence-corrected chi connectivity index (χ3v) is 12.5. The highest BCUT2D eigenvalue weighted by Crippen LogP contribution is 2.71. The highest BCUT2D eigenvalue weighted by atomic mass is 16.7. The Bertz CT molecular complexity index is 968. The maximum atomic E-state index is 12.3. The zero-order valence-electron chi connectivity index (χ0n) is 24.1. The summed E-state index contributed by atoms with van der Waals surface area (Å²) in [6, 6.07) is 0. The Balaban J connectivity index is 1.28. The first-order chi connectivity index (χ1) is 17.9. The molecular formula is C31H48O7. The van der Waals surface area contributed by atoms with Gasteiger partial charge < -0.3 is 24.1 Å². The first-order valence-corrected chi connectivity index (χ1v) is 15.2. The molecular weight excluding hydrogens is 484 g/mol. The lowest BCUT2D eigenvalue weighted by molar-refractivity contribution is -0.316. The van der Waals surface area contributed by atoms with Gasteiger partial charge in [-0.2, -0.15) is 0 Å². The van der Waals surface area contributed by atoms with Gasteiger partial charge in [0.25, 0.3) is 0 Å². The van der Waals surface area contributed by atoms with Crippen molar-refractivity contribution in [2.24, 2.45) is 52.3 Å². The summed E-state index contributed by atoms with van der Waals surface area (Å²) in [5.74, 6) is 1.27. The summed E-state index contributed by atoms with van der Waals surface area (Å²) >= 11 is 0. The lowest BCUT2D eigenvalue weighted by Gasteiger charge is -2.62. The predicted octanol–water partition coefficient (Wildman–Crippen LogP) is 4.88. The van der Waals surface area contributed by atoms with Gasteiger partial charge >= 0.3 is 11.9 Å². The molecule has 14 atom stereocenters. The van der Waals surface area contributed by atoms with Crippen molar-refractivity contribution in [1.29, 1.82) is 0 Å². The minimum atomic E-state index is -0.869. The fourth-order valence-electron chi connectivity index (χ4n) is 11.1. The molecule has 2 heterocycles. The average molecular weight is 533 g/mol.